The summed E-state index contributed by atoms with van der Waals surface area (Å²) in [5, 5.41) is 1.85. The lowest BCUT2D eigenvalue weighted by atomic mass is 10.2. The standard InChI is InChI=1S/C9H6ClIOS/c1-12-7-4-8-5(2-6(7)10)3-9(11)13-8/h2-4H,1H3. The fourth-order valence-electron chi connectivity index (χ4n) is 1.16. The maximum atomic E-state index is 5.99. The number of ether oxygens (including phenoxy) is 1. The van der Waals surface area contributed by atoms with Gasteiger partial charge in [-0.05, 0) is 46.2 Å². The molecule has 0 saturated carbocycles. The highest BCUT2D eigenvalue weighted by molar-refractivity contribution is 14.1. The Bertz CT molecular complexity index is 452. The normalized spacial score (nSPS) is 10.7. The third-order valence-electron chi connectivity index (χ3n) is 1.76. The van der Waals surface area contributed by atoms with E-state index in [1.807, 2.05) is 12.1 Å². The van der Waals surface area contributed by atoms with E-state index in [0.29, 0.717) is 5.02 Å². The Morgan fingerprint density at radius 1 is 1.38 bits per heavy atom. The van der Waals surface area contributed by atoms with E-state index in [9.17, 15) is 0 Å². The minimum atomic E-state index is 0.671. The first kappa shape index (κ1) is 9.55. The molecule has 1 heterocycles. The Kier molecular flexibility index (Phi) is 2.67. The van der Waals surface area contributed by atoms with Crippen LogP contribution in [0.3, 0.4) is 0 Å². The van der Waals surface area contributed by atoms with Crippen LogP contribution in [0, 0.1) is 2.88 Å². The van der Waals surface area contributed by atoms with Gasteiger partial charge in [0.05, 0.1) is 15.0 Å². The molecule has 2 aromatic rings. The molecule has 2 rings (SSSR count). The monoisotopic (exact) mass is 324 g/mol. The summed E-state index contributed by atoms with van der Waals surface area (Å²) in [7, 11) is 1.63. The fraction of sp³-hybridized carbons (Fsp3) is 0.111. The first-order chi connectivity index (χ1) is 6.20. The van der Waals surface area contributed by atoms with Crippen LogP contribution in [0.2, 0.25) is 5.02 Å². The van der Waals surface area contributed by atoms with Gasteiger partial charge in [0.25, 0.3) is 0 Å². The molecule has 0 fully saturated rings. The van der Waals surface area contributed by atoms with Crippen LogP contribution in [0.1, 0.15) is 0 Å². The molecule has 0 radical (unpaired) electrons. The molecular formula is C9H6ClIOS. The first-order valence-corrected chi connectivity index (χ1v) is 5.90. The molecule has 1 aromatic heterocycles. The molecule has 0 atom stereocenters. The average molecular weight is 325 g/mol. The quantitative estimate of drug-likeness (QED) is 0.716. The molecule has 1 nitrogen and oxygen atoms in total. The summed E-state index contributed by atoms with van der Waals surface area (Å²) in [6.07, 6.45) is 0. The van der Waals surface area contributed by atoms with Crippen molar-refractivity contribution in [3.63, 3.8) is 0 Å². The summed E-state index contributed by atoms with van der Waals surface area (Å²) >= 11 is 10.0. The minimum absolute atomic E-state index is 0.671. The van der Waals surface area contributed by atoms with Gasteiger partial charge in [-0.3, -0.25) is 0 Å². The number of fused-ring (bicyclic) bond motifs is 1. The van der Waals surface area contributed by atoms with Crippen molar-refractivity contribution in [3.05, 3.63) is 26.1 Å². The topological polar surface area (TPSA) is 9.23 Å². The number of halogens is 2. The minimum Gasteiger partial charge on any atom is -0.495 e. The van der Waals surface area contributed by atoms with E-state index in [1.54, 1.807) is 18.4 Å². The Morgan fingerprint density at radius 2 is 2.15 bits per heavy atom. The Balaban J connectivity index is 2.72. The highest BCUT2D eigenvalue weighted by Crippen LogP contribution is 2.34. The number of hydrogen-bond donors (Lipinski definition) is 0. The molecule has 0 N–H and O–H groups in total. The molecule has 13 heavy (non-hydrogen) atoms. The van der Waals surface area contributed by atoms with Gasteiger partial charge >= 0.3 is 0 Å². The summed E-state index contributed by atoms with van der Waals surface area (Å²) in [5.41, 5.74) is 0. The van der Waals surface area contributed by atoms with Crippen molar-refractivity contribution in [2.45, 2.75) is 0 Å². The van der Waals surface area contributed by atoms with E-state index in [0.717, 1.165) is 5.75 Å². The Labute approximate surface area is 98.8 Å². The van der Waals surface area contributed by atoms with Crippen LogP contribution in [-0.4, -0.2) is 7.11 Å². The summed E-state index contributed by atoms with van der Waals surface area (Å²) in [6, 6.07) is 6.03. The lowest BCUT2D eigenvalue weighted by Crippen LogP contribution is -1.82. The van der Waals surface area contributed by atoms with Gasteiger partial charge in [-0.25, -0.2) is 0 Å². The number of benzene rings is 1. The SMILES string of the molecule is COc1cc2sc(I)cc2cc1Cl. The summed E-state index contributed by atoms with van der Waals surface area (Å²) in [6.45, 7) is 0. The summed E-state index contributed by atoms with van der Waals surface area (Å²) in [4.78, 5) is 0. The maximum absolute atomic E-state index is 5.99. The summed E-state index contributed by atoms with van der Waals surface area (Å²) < 4.78 is 7.61. The van der Waals surface area contributed by atoms with Crippen molar-refractivity contribution < 1.29 is 4.74 Å². The van der Waals surface area contributed by atoms with Crippen molar-refractivity contribution in [1.29, 1.82) is 0 Å². The van der Waals surface area contributed by atoms with Gasteiger partial charge in [0.1, 0.15) is 5.75 Å². The molecule has 0 amide bonds. The van der Waals surface area contributed by atoms with Crippen molar-refractivity contribution in [3.8, 4) is 5.75 Å². The zero-order valence-electron chi connectivity index (χ0n) is 6.80. The van der Waals surface area contributed by atoms with Gasteiger partial charge in [0.15, 0.2) is 0 Å². The average Bonchev–Trinajstić information content (AvgIpc) is 2.42. The van der Waals surface area contributed by atoms with E-state index in [4.69, 9.17) is 16.3 Å². The van der Waals surface area contributed by atoms with Gasteiger partial charge in [-0.1, -0.05) is 11.6 Å². The molecule has 4 heteroatoms. The molecule has 0 saturated heterocycles. The van der Waals surface area contributed by atoms with Crippen LogP contribution in [0.15, 0.2) is 18.2 Å². The highest BCUT2D eigenvalue weighted by Gasteiger charge is 2.05. The second-order valence-electron chi connectivity index (χ2n) is 2.58. The zero-order chi connectivity index (χ0) is 9.42. The smallest absolute Gasteiger partial charge is 0.138 e. The van der Waals surface area contributed by atoms with E-state index < -0.39 is 0 Å². The molecule has 0 bridgehead atoms. The first-order valence-electron chi connectivity index (χ1n) is 3.63. The summed E-state index contributed by atoms with van der Waals surface area (Å²) in [5.74, 6) is 0.743. The molecule has 0 aliphatic heterocycles. The van der Waals surface area contributed by atoms with Crippen LogP contribution in [0.5, 0.6) is 5.75 Å². The number of hydrogen-bond acceptors (Lipinski definition) is 2. The lowest BCUT2D eigenvalue weighted by molar-refractivity contribution is 0.415. The third-order valence-corrected chi connectivity index (χ3v) is 3.91. The second kappa shape index (κ2) is 3.63. The third kappa shape index (κ3) is 1.78. The Morgan fingerprint density at radius 3 is 2.85 bits per heavy atom. The van der Waals surface area contributed by atoms with Crippen LogP contribution in [0.4, 0.5) is 0 Å². The van der Waals surface area contributed by atoms with Gasteiger partial charge in [-0.2, -0.15) is 0 Å². The van der Waals surface area contributed by atoms with Crippen molar-refractivity contribution in [1.82, 2.24) is 0 Å². The van der Waals surface area contributed by atoms with Crippen LogP contribution < -0.4 is 4.74 Å². The number of rotatable bonds is 1. The molecule has 0 aliphatic carbocycles. The predicted octanol–water partition coefficient (Wildman–Crippen LogP) is 4.17. The molecule has 0 spiro atoms. The van der Waals surface area contributed by atoms with Crippen molar-refractivity contribution in [2.75, 3.05) is 7.11 Å². The van der Waals surface area contributed by atoms with E-state index in [-0.39, 0.29) is 0 Å². The van der Waals surface area contributed by atoms with Crippen LogP contribution >= 0.6 is 45.5 Å². The lowest BCUT2D eigenvalue weighted by Gasteiger charge is -2.01. The fourth-order valence-corrected chi connectivity index (χ4v) is 3.26. The van der Waals surface area contributed by atoms with Crippen molar-refractivity contribution >= 4 is 55.6 Å². The van der Waals surface area contributed by atoms with Gasteiger partial charge in [0.2, 0.25) is 0 Å². The maximum Gasteiger partial charge on any atom is 0.138 e. The van der Waals surface area contributed by atoms with E-state index in [2.05, 4.69) is 28.7 Å². The van der Waals surface area contributed by atoms with Crippen molar-refractivity contribution in [2.24, 2.45) is 0 Å². The number of thiophene rings is 1. The van der Waals surface area contributed by atoms with Gasteiger partial charge in [0, 0.05) is 4.70 Å². The molecule has 68 valence electrons. The van der Waals surface area contributed by atoms with E-state index >= 15 is 0 Å². The van der Waals surface area contributed by atoms with Gasteiger partial charge in [-0.15, -0.1) is 11.3 Å². The molecular weight excluding hydrogens is 319 g/mol. The predicted molar refractivity (Wildman–Crippen MR) is 66.1 cm³/mol. The van der Waals surface area contributed by atoms with Gasteiger partial charge < -0.3 is 4.74 Å². The Hall–Kier alpha value is -0.000000000000000167. The van der Waals surface area contributed by atoms with Crippen LogP contribution in [0.25, 0.3) is 10.1 Å². The molecule has 0 unspecified atom stereocenters. The molecule has 1 aromatic carbocycles. The largest absolute Gasteiger partial charge is 0.495 e. The second-order valence-corrected chi connectivity index (χ2v) is 5.96. The highest BCUT2D eigenvalue weighted by atomic mass is 127. The molecule has 0 aliphatic rings. The number of methoxy groups -OCH3 is 1. The zero-order valence-corrected chi connectivity index (χ0v) is 10.5. The van der Waals surface area contributed by atoms with E-state index in [1.165, 1.54) is 13.0 Å². The van der Waals surface area contributed by atoms with Crippen LogP contribution in [-0.2, 0) is 0 Å².